The molecule has 0 saturated heterocycles. The van der Waals surface area contributed by atoms with Gasteiger partial charge in [-0.15, -0.1) is 10.2 Å². The average molecular weight is 352 g/mol. The van der Waals surface area contributed by atoms with Crippen molar-refractivity contribution in [2.45, 2.75) is 18.3 Å². The predicted octanol–water partition coefficient (Wildman–Crippen LogP) is 4.09. The van der Waals surface area contributed by atoms with Crippen molar-refractivity contribution >= 4 is 23.5 Å². The van der Waals surface area contributed by atoms with E-state index in [1.54, 1.807) is 6.26 Å². The fourth-order valence-electron chi connectivity index (χ4n) is 2.51. The summed E-state index contributed by atoms with van der Waals surface area (Å²) < 4.78 is 11.4. The molecule has 3 aromatic rings. The van der Waals surface area contributed by atoms with Crippen LogP contribution in [0.15, 0.2) is 58.3 Å². The Kier molecular flexibility index (Phi) is 4.39. The normalized spacial score (nSPS) is 15.8. The molecule has 1 aliphatic rings. The summed E-state index contributed by atoms with van der Waals surface area (Å²) in [6.07, 6.45) is 4.99. The Morgan fingerprint density at radius 1 is 1.20 bits per heavy atom. The van der Waals surface area contributed by atoms with E-state index < -0.39 is 6.23 Å². The van der Waals surface area contributed by atoms with E-state index in [9.17, 15) is 0 Å². The molecule has 6 nitrogen and oxygen atoms in total. The summed E-state index contributed by atoms with van der Waals surface area (Å²) in [7, 11) is 0. The first-order chi connectivity index (χ1) is 12.3. The number of rotatable bonds is 4. The van der Waals surface area contributed by atoms with Gasteiger partial charge in [-0.3, -0.25) is 0 Å². The number of aromatic nitrogens is 3. The highest BCUT2D eigenvalue weighted by molar-refractivity contribution is 7.99. The maximum atomic E-state index is 6.06. The van der Waals surface area contributed by atoms with Crippen molar-refractivity contribution in [1.82, 2.24) is 15.2 Å². The van der Waals surface area contributed by atoms with Gasteiger partial charge in [-0.05, 0) is 36.1 Å². The van der Waals surface area contributed by atoms with E-state index in [0.29, 0.717) is 16.7 Å². The molecule has 1 N–H and O–H groups in total. The lowest BCUT2D eigenvalue weighted by molar-refractivity contribution is 0.266. The average Bonchev–Trinajstić information content (AvgIpc) is 3.09. The second-order valence-corrected chi connectivity index (χ2v) is 6.52. The number of benzene rings is 1. The van der Waals surface area contributed by atoms with Gasteiger partial charge in [0.25, 0.3) is 0 Å². The minimum Gasteiger partial charge on any atom is -0.465 e. The van der Waals surface area contributed by atoms with Gasteiger partial charge in [-0.1, -0.05) is 36.9 Å². The number of nitrogens with one attached hydrogen (secondary N) is 1. The fourth-order valence-corrected chi connectivity index (χ4v) is 3.02. The summed E-state index contributed by atoms with van der Waals surface area (Å²) in [5, 5.41) is 12.5. The maximum absolute atomic E-state index is 6.06. The first kappa shape index (κ1) is 15.7. The molecule has 0 aliphatic carbocycles. The SMILES string of the molecule is CCSc1nnc2c(n1)OC(C=Cc1ccco1)Nc1ccccc1-2. The van der Waals surface area contributed by atoms with Crippen LogP contribution in [-0.4, -0.2) is 27.2 Å². The number of anilines is 1. The zero-order valence-corrected chi connectivity index (χ0v) is 14.4. The molecule has 1 unspecified atom stereocenters. The first-order valence-corrected chi connectivity index (χ1v) is 8.94. The highest BCUT2D eigenvalue weighted by Gasteiger charge is 2.23. The van der Waals surface area contributed by atoms with E-state index in [-0.39, 0.29) is 0 Å². The Labute approximate surface area is 149 Å². The number of hydrogen-bond donors (Lipinski definition) is 1. The van der Waals surface area contributed by atoms with Gasteiger partial charge >= 0.3 is 0 Å². The third-order valence-corrected chi connectivity index (χ3v) is 4.33. The van der Waals surface area contributed by atoms with Crippen molar-refractivity contribution in [1.29, 1.82) is 0 Å². The molecule has 0 fully saturated rings. The predicted molar refractivity (Wildman–Crippen MR) is 97.4 cm³/mol. The van der Waals surface area contributed by atoms with Crippen LogP contribution >= 0.6 is 11.8 Å². The van der Waals surface area contributed by atoms with Crippen LogP contribution in [0.25, 0.3) is 17.3 Å². The van der Waals surface area contributed by atoms with Gasteiger partial charge in [0.2, 0.25) is 11.0 Å². The summed E-state index contributed by atoms with van der Waals surface area (Å²) in [4.78, 5) is 4.53. The molecule has 2 aromatic heterocycles. The maximum Gasteiger partial charge on any atom is 0.247 e. The summed E-state index contributed by atoms with van der Waals surface area (Å²) in [5.41, 5.74) is 2.47. The molecule has 1 atom stereocenters. The topological polar surface area (TPSA) is 73.1 Å². The molecular weight excluding hydrogens is 336 g/mol. The van der Waals surface area contributed by atoms with Crippen LogP contribution in [0, 0.1) is 0 Å². The molecule has 25 heavy (non-hydrogen) atoms. The van der Waals surface area contributed by atoms with Crippen molar-refractivity contribution in [3.63, 3.8) is 0 Å². The molecule has 7 heteroatoms. The smallest absolute Gasteiger partial charge is 0.247 e. The van der Waals surface area contributed by atoms with Gasteiger partial charge in [0.15, 0.2) is 11.9 Å². The molecule has 3 heterocycles. The monoisotopic (exact) mass is 352 g/mol. The Morgan fingerprint density at radius 2 is 2.12 bits per heavy atom. The number of hydrogen-bond acceptors (Lipinski definition) is 7. The van der Waals surface area contributed by atoms with Crippen molar-refractivity contribution in [2.24, 2.45) is 0 Å². The van der Waals surface area contributed by atoms with E-state index in [1.807, 2.05) is 55.5 Å². The van der Waals surface area contributed by atoms with Gasteiger partial charge in [-0.25, -0.2) is 0 Å². The second kappa shape index (κ2) is 6.98. The zero-order valence-electron chi connectivity index (χ0n) is 13.5. The van der Waals surface area contributed by atoms with Crippen LogP contribution in [0.4, 0.5) is 5.69 Å². The van der Waals surface area contributed by atoms with Crippen molar-refractivity contribution in [2.75, 3.05) is 11.1 Å². The fraction of sp³-hybridized carbons (Fsp3) is 0.167. The van der Waals surface area contributed by atoms with Gasteiger partial charge < -0.3 is 14.5 Å². The highest BCUT2D eigenvalue weighted by atomic mass is 32.2. The number of para-hydroxylation sites is 1. The minimum atomic E-state index is -0.399. The molecule has 0 spiro atoms. The third-order valence-electron chi connectivity index (χ3n) is 3.61. The van der Waals surface area contributed by atoms with Crippen LogP contribution < -0.4 is 10.1 Å². The Bertz CT molecular complexity index is 896. The Morgan fingerprint density at radius 3 is 2.96 bits per heavy atom. The van der Waals surface area contributed by atoms with E-state index in [4.69, 9.17) is 9.15 Å². The van der Waals surface area contributed by atoms with Crippen molar-refractivity contribution < 1.29 is 9.15 Å². The van der Waals surface area contributed by atoms with Gasteiger partial charge in [0.1, 0.15) is 5.76 Å². The van der Waals surface area contributed by atoms with Crippen LogP contribution in [-0.2, 0) is 0 Å². The first-order valence-electron chi connectivity index (χ1n) is 7.95. The molecular formula is C18H16N4O2S. The highest BCUT2D eigenvalue weighted by Crippen LogP contribution is 2.36. The number of fused-ring (bicyclic) bond motifs is 3. The molecule has 4 rings (SSSR count). The molecule has 126 valence electrons. The summed E-state index contributed by atoms with van der Waals surface area (Å²) in [6.45, 7) is 2.05. The number of nitrogens with zero attached hydrogens (tertiary/aromatic N) is 3. The molecule has 1 aliphatic heterocycles. The standard InChI is InChI=1S/C18H16N4O2S/c1-2-25-18-20-17-16(21-22-18)13-7-3-4-8-14(13)19-15(24-17)10-9-12-6-5-11-23-12/h3-11,15,19H,2H2,1H3. The van der Waals surface area contributed by atoms with E-state index in [1.165, 1.54) is 11.8 Å². The second-order valence-electron chi connectivity index (χ2n) is 5.28. The molecule has 0 bridgehead atoms. The number of furan rings is 1. The van der Waals surface area contributed by atoms with Gasteiger partial charge in [0, 0.05) is 11.3 Å². The third kappa shape index (κ3) is 3.36. The summed E-state index contributed by atoms with van der Waals surface area (Å²) >= 11 is 1.53. The van der Waals surface area contributed by atoms with Crippen molar-refractivity contribution in [3.05, 3.63) is 54.5 Å². The lowest BCUT2D eigenvalue weighted by Gasteiger charge is -2.15. The van der Waals surface area contributed by atoms with Crippen molar-refractivity contribution in [3.8, 4) is 17.1 Å². The van der Waals surface area contributed by atoms with Gasteiger partial charge in [0.05, 0.1) is 6.26 Å². The van der Waals surface area contributed by atoms with Crippen LogP contribution in [0.5, 0.6) is 5.88 Å². The lowest BCUT2D eigenvalue weighted by Crippen LogP contribution is -2.23. The summed E-state index contributed by atoms with van der Waals surface area (Å²) in [6, 6.07) is 11.6. The lowest BCUT2D eigenvalue weighted by atomic mass is 10.1. The van der Waals surface area contributed by atoms with Crippen LogP contribution in [0.2, 0.25) is 0 Å². The van der Waals surface area contributed by atoms with E-state index in [2.05, 4.69) is 20.5 Å². The zero-order chi connectivity index (χ0) is 17.1. The Balaban J connectivity index is 1.73. The van der Waals surface area contributed by atoms with Crippen LogP contribution in [0.1, 0.15) is 12.7 Å². The van der Waals surface area contributed by atoms with Gasteiger partial charge in [-0.2, -0.15) is 4.98 Å². The molecule has 0 radical (unpaired) electrons. The number of thioether (sulfide) groups is 1. The largest absolute Gasteiger partial charge is 0.465 e. The molecule has 0 saturated carbocycles. The summed E-state index contributed by atoms with van der Waals surface area (Å²) in [5.74, 6) is 2.10. The number of ether oxygens (including phenoxy) is 1. The quantitative estimate of drug-likeness (QED) is 0.709. The van der Waals surface area contributed by atoms with E-state index in [0.717, 1.165) is 22.8 Å². The van der Waals surface area contributed by atoms with E-state index >= 15 is 0 Å². The molecule has 0 amide bonds. The Hall–Kier alpha value is -2.80. The van der Waals surface area contributed by atoms with Crippen LogP contribution in [0.3, 0.4) is 0 Å². The molecule has 1 aromatic carbocycles. The minimum absolute atomic E-state index is 0.399.